The zero-order valence-corrected chi connectivity index (χ0v) is 9.95. The van der Waals surface area contributed by atoms with Crippen molar-refractivity contribution in [2.75, 3.05) is 0 Å². The van der Waals surface area contributed by atoms with Crippen LogP contribution in [0.15, 0.2) is 6.07 Å². The van der Waals surface area contributed by atoms with Gasteiger partial charge < -0.3 is 0 Å². The molecule has 0 unspecified atom stereocenters. The lowest BCUT2D eigenvalue weighted by molar-refractivity contribution is 0.0891. The molecule has 2 aliphatic carbocycles. The van der Waals surface area contributed by atoms with Crippen molar-refractivity contribution in [1.82, 2.24) is 0 Å². The van der Waals surface area contributed by atoms with Crippen molar-refractivity contribution in [2.45, 2.75) is 45.4 Å². The number of aryl methyl sites for hydroxylation is 1. The molecule has 0 aromatic carbocycles. The maximum Gasteiger partial charge on any atom is 0.164 e. The molecule has 1 aromatic rings. The molecule has 0 amide bonds. The molecule has 1 saturated carbocycles. The average Bonchev–Trinajstić information content (AvgIpc) is 2.73. The third-order valence-electron chi connectivity index (χ3n) is 3.97. The number of Topliss-reactive ketones (excluding diaryl/α,β-unsaturated/α-hetero) is 1. The van der Waals surface area contributed by atoms with Gasteiger partial charge in [0.25, 0.3) is 0 Å². The topological polar surface area (TPSA) is 17.1 Å². The minimum absolute atomic E-state index is 0.362. The smallest absolute Gasteiger partial charge is 0.164 e. The molecule has 0 radical (unpaired) electrons. The van der Waals surface area contributed by atoms with Gasteiger partial charge >= 0.3 is 0 Å². The van der Waals surface area contributed by atoms with Gasteiger partial charge in [-0.15, -0.1) is 11.3 Å². The number of carbonyl (C=O) groups excluding carboxylic acids is 1. The molecule has 1 heterocycles. The summed E-state index contributed by atoms with van der Waals surface area (Å²) in [5, 5.41) is 0. The Kier molecular flexibility index (Phi) is 2.03. The van der Waals surface area contributed by atoms with Gasteiger partial charge in [0.1, 0.15) is 0 Å². The standard InChI is InChI=1S/C13H16OS/c1-9-6-10-11(14)7-13(4-2-3-5-13)8-12(10)15-9/h6H,2-5,7-8H2,1H3. The van der Waals surface area contributed by atoms with Crippen LogP contribution in [0.3, 0.4) is 0 Å². The fourth-order valence-corrected chi connectivity index (χ4v) is 4.47. The van der Waals surface area contributed by atoms with E-state index in [2.05, 4.69) is 13.0 Å². The quantitative estimate of drug-likeness (QED) is 0.651. The largest absolute Gasteiger partial charge is 0.294 e. The Bertz CT molecular complexity index is 410. The fraction of sp³-hybridized carbons (Fsp3) is 0.615. The van der Waals surface area contributed by atoms with Gasteiger partial charge in [-0.05, 0) is 37.7 Å². The first kappa shape index (κ1) is 9.59. The lowest BCUT2D eigenvalue weighted by Gasteiger charge is -2.31. The van der Waals surface area contributed by atoms with Gasteiger partial charge in [0.05, 0.1) is 0 Å². The van der Waals surface area contributed by atoms with Gasteiger partial charge in [-0.1, -0.05) is 12.8 Å². The molecule has 0 saturated heterocycles. The Hall–Kier alpha value is -0.630. The maximum atomic E-state index is 12.1. The molecule has 3 rings (SSSR count). The molecular weight excluding hydrogens is 204 g/mol. The third-order valence-corrected chi connectivity index (χ3v) is 5.02. The number of hydrogen-bond acceptors (Lipinski definition) is 2. The Morgan fingerprint density at radius 1 is 1.27 bits per heavy atom. The molecule has 15 heavy (non-hydrogen) atoms. The predicted molar refractivity (Wildman–Crippen MR) is 62.6 cm³/mol. The molecular formula is C13H16OS. The second-order valence-corrected chi connectivity index (χ2v) is 6.52. The minimum atomic E-state index is 0.362. The summed E-state index contributed by atoms with van der Waals surface area (Å²) in [7, 11) is 0. The lowest BCUT2D eigenvalue weighted by atomic mass is 9.72. The van der Waals surface area contributed by atoms with Crippen molar-refractivity contribution in [3.05, 3.63) is 21.4 Å². The maximum absolute atomic E-state index is 12.1. The Labute approximate surface area is 94.5 Å². The number of rotatable bonds is 0. The zero-order chi connectivity index (χ0) is 10.5. The van der Waals surface area contributed by atoms with E-state index in [0.717, 1.165) is 12.0 Å². The van der Waals surface area contributed by atoms with Crippen molar-refractivity contribution in [3.63, 3.8) is 0 Å². The third kappa shape index (κ3) is 1.46. The number of ketones is 1. The first-order valence-electron chi connectivity index (χ1n) is 5.81. The first-order chi connectivity index (χ1) is 7.19. The van der Waals surface area contributed by atoms with Crippen LogP contribution in [0.5, 0.6) is 0 Å². The van der Waals surface area contributed by atoms with E-state index in [1.165, 1.54) is 41.9 Å². The number of carbonyl (C=O) groups is 1. The molecule has 1 nitrogen and oxygen atoms in total. The summed E-state index contributed by atoms with van der Waals surface area (Å²) in [6.45, 7) is 2.11. The summed E-state index contributed by atoms with van der Waals surface area (Å²) in [6.07, 6.45) is 7.19. The average molecular weight is 220 g/mol. The van der Waals surface area contributed by atoms with Crippen LogP contribution in [0.2, 0.25) is 0 Å². The summed E-state index contributed by atoms with van der Waals surface area (Å²) >= 11 is 1.83. The minimum Gasteiger partial charge on any atom is -0.294 e. The fourth-order valence-electron chi connectivity index (χ4n) is 3.25. The van der Waals surface area contributed by atoms with E-state index < -0.39 is 0 Å². The SMILES string of the molecule is Cc1cc2c(s1)CC1(CCCC1)CC2=O. The van der Waals surface area contributed by atoms with Crippen molar-refractivity contribution in [1.29, 1.82) is 0 Å². The highest BCUT2D eigenvalue weighted by atomic mass is 32.1. The summed E-state index contributed by atoms with van der Waals surface area (Å²) in [4.78, 5) is 14.7. The lowest BCUT2D eigenvalue weighted by Crippen LogP contribution is -2.28. The molecule has 2 aliphatic rings. The van der Waals surface area contributed by atoms with Gasteiger partial charge in [0, 0.05) is 21.7 Å². The molecule has 0 aliphatic heterocycles. The van der Waals surface area contributed by atoms with Gasteiger partial charge in [0.2, 0.25) is 0 Å². The zero-order valence-electron chi connectivity index (χ0n) is 9.14. The van der Waals surface area contributed by atoms with E-state index in [9.17, 15) is 4.79 Å². The van der Waals surface area contributed by atoms with Gasteiger partial charge in [0.15, 0.2) is 5.78 Å². The van der Waals surface area contributed by atoms with E-state index in [1.54, 1.807) is 0 Å². The van der Waals surface area contributed by atoms with Crippen LogP contribution in [-0.2, 0) is 6.42 Å². The highest BCUT2D eigenvalue weighted by Gasteiger charge is 2.41. The van der Waals surface area contributed by atoms with E-state index in [4.69, 9.17) is 0 Å². The number of fused-ring (bicyclic) bond motifs is 1. The number of thiophene rings is 1. The molecule has 1 fully saturated rings. The summed E-state index contributed by atoms with van der Waals surface area (Å²) < 4.78 is 0. The van der Waals surface area contributed by atoms with Crippen LogP contribution in [0.4, 0.5) is 0 Å². The van der Waals surface area contributed by atoms with Crippen LogP contribution >= 0.6 is 11.3 Å². The van der Waals surface area contributed by atoms with Crippen LogP contribution in [0, 0.1) is 12.3 Å². The van der Waals surface area contributed by atoms with Gasteiger partial charge in [-0.25, -0.2) is 0 Å². The molecule has 2 heteroatoms. The molecule has 0 N–H and O–H groups in total. The Balaban J connectivity index is 2.01. The van der Waals surface area contributed by atoms with Crippen LogP contribution in [0.25, 0.3) is 0 Å². The molecule has 0 bridgehead atoms. The summed E-state index contributed by atoms with van der Waals surface area (Å²) in [6, 6.07) is 2.09. The first-order valence-corrected chi connectivity index (χ1v) is 6.63. The van der Waals surface area contributed by atoms with Crippen molar-refractivity contribution in [3.8, 4) is 0 Å². The Morgan fingerprint density at radius 3 is 2.73 bits per heavy atom. The Morgan fingerprint density at radius 2 is 2.00 bits per heavy atom. The second-order valence-electron chi connectivity index (χ2n) is 5.18. The molecule has 1 aromatic heterocycles. The number of hydrogen-bond donors (Lipinski definition) is 0. The van der Waals surface area contributed by atoms with Crippen LogP contribution < -0.4 is 0 Å². The summed E-state index contributed by atoms with van der Waals surface area (Å²) in [5.74, 6) is 0.405. The van der Waals surface area contributed by atoms with E-state index in [-0.39, 0.29) is 0 Å². The van der Waals surface area contributed by atoms with Crippen molar-refractivity contribution >= 4 is 17.1 Å². The normalized spacial score (nSPS) is 23.4. The second kappa shape index (κ2) is 3.18. The van der Waals surface area contributed by atoms with Crippen LogP contribution in [0.1, 0.15) is 52.2 Å². The van der Waals surface area contributed by atoms with Crippen molar-refractivity contribution in [2.24, 2.45) is 5.41 Å². The highest BCUT2D eigenvalue weighted by Crippen LogP contribution is 2.49. The highest BCUT2D eigenvalue weighted by molar-refractivity contribution is 7.12. The van der Waals surface area contributed by atoms with E-state index >= 15 is 0 Å². The van der Waals surface area contributed by atoms with Crippen molar-refractivity contribution < 1.29 is 4.79 Å². The van der Waals surface area contributed by atoms with E-state index in [1.807, 2.05) is 11.3 Å². The molecule has 80 valence electrons. The monoisotopic (exact) mass is 220 g/mol. The molecule has 0 atom stereocenters. The van der Waals surface area contributed by atoms with E-state index in [0.29, 0.717) is 11.2 Å². The summed E-state index contributed by atoms with van der Waals surface area (Å²) in [5.41, 5.74) is 1.40. The van der Waals surface area contributed by atoms with Gasteiger partial charge in [-0.3, -0.25) is 4.79 Å². The predicted octanol–water partition coefficient (Wildman–Crippen LogP) is 3.75. The van der Waals surface area contributed by atoms with Crippen LogP contribution in [-0.4, -0.2) is 5.78 Å². The molecule has 1 spiro atoms. The van der Waals surface area contributed by atoms with Gasteiger partial charge in [-0.2, -0.15) is 0 Å².